The summed E-state index contributed by atoms with van der Waals surface area (Å²) in [5.41, 5.74) is 1.90. The van der Waals surface area contributed by atoms with Gasteiger partial charge in [0.1, 0.15) is 0 Å². The number of nitrogens with zero attached hydrogens (tertiary/aromatic N) is 1. The fourth-order valence-corrected chi connectivity index (χ4v) is 3.42. The normalized spacial score (nSPS) is 31.3. The second kappa shape index (κ2) is 4.61. The van der Waals surface area contributed by atoms with E-state index in [0.29, 0.717) is 11.5 Å². The minimum absolute atomic E-state index is 0.433. The third kappa shape index (κ3) is 2.56. The summed E-state index contributed by atoms with van der Waals surface area (Å²) in [5.74, 6) is 1.89. The maximum Gasteiger partial charge on any atom is 0.157 e. The molecule has 3 heteroatoms. The van der Waals surface area contributed by atoms with Gasteiger partial charge >= 0.3 is 0 Å². The number of hydrogen-bond acceptors (Lipinski definition) is 2. The second-order valence-electron chi connectivity index (χ2n) is 5.95. The molecule has 1 aliphatic carbocycles. The largest absolute Gasteiger partial charge is 0.357 e. The monoisotopic (exact) mass is 260 g/mol. The molecule has 0 aromatic heterocycles. The predicted molar refractivity (Wildman–Crippen MR) is 79.0 cm³/mol. The molecule has 2 nitrogen and oxygen atoms in total. The Morgan fingerprint density at radius 2 is 2.06 bits per heavy atom. The summed E-state index contributed by atoms with van der Waals surface area (Å²) in [6.45, 7) is 5.66. The molecule has 2 unspecified atom stereocenters. The van der Waals surface area contributed by atoms with Crippen LogP contribution in [-0.2, 0) is 0 Å². The molecule has 1 N–H and O–H groups in total. The van der Waals surface area contributed by atoms with E-state index in [-0.39, 0.29) is 0 Å². The zero-order valence-electron chi connectivity index (χ0n) is 11.0. The van der Waals surface area contributed by atoms with Crippen molar-refractivity contribution in [2.45, 2.75) is 26.3 Å². The van der Waals surface area contributed by atoms with E-state index in [4.69, 9.17) is 4.99 Å². The van der Waals surface area contributed by atoms with E-state index >= 15 is 0 Å². The summed E-state index contributed by atoms with van der Waals surface area (Å²) < 4.78 is 0. The highest BCUT2D eigenvalue weighted by atomic mass is 32.2. The van der Waals surface area contributed by atoms with Gasteiger partial charge < -0.3 is 5.32 Å². The first kappa shape index (κ1) is 12.1. The van der Waals surface area contributed by atoms with Crippen LogP contribution in [0.1, 0.15) is 31.9 Å². The SMILES string of the molecule is CC1(C)CC1CN=C1NC(c2ccccc2)CS1. The lowest BCUT2D eigenvalue weighted by Crippen LogP contribution is -2.19. The van der Waals surface area contributed by atoms with Crippen LogP contribution in [0.15, 0.2) is 35.3 Å². The number of thioether (sulfide) groups is 1. The van der Waals surface area contributed by atoms with Crippen molar-refractivity contribution in [3.8, 4) is 0 Å². The Hall–Kier alpha value is -0.960. The fourth-order valence-electron chi connectivity index (χ4n) is 2.43. The van der Waals surface area contributed by atoms with Gasteiger partial charge in [0.2, 0.25) is 0 Å². The van der Waals surface area contributed by atoms with Gasteiger partial charge in [-0.15, -0.1) is 0 Å². The first-order valence-electron chi connectivity index (χ1n) is 6.64. The maximum absolute atomic E-state index is 4.73. The van der Waals surface area contributed by atoms with Crippen LogP contribution >= 0.6 is 11.8 Å². The quantitative estimate of drug-likeness (QED) is 0.900. The van der Waals surface area contributed by atoms with E-state index in [1.54, 1.807) is 0 Å². The van der Waals surface area contributed by atoms with Gasteiger partial charge in [0, 0.05) is 12.3 Å². The van der Waals surface area contributed by atoms with E-state index in [2.05, 4.69) is 49.5 Å². The van der Waals surface area contributed by atoms with E-state index in [1.165, 1.54) is 12.0 Å². The first-order chi connectivity index (χ1) is 8.65. The van der Waals surface area contributed by atoms with E-state index in [0.717, 1.165) is 23.4 Å². The molecule has 0 bridgehead atoms. The molecular formula is C15H20N2S. The Labute approximate surface area is 113 Å². The average molecular weight is 260 g/mol. The Bertz CT molecular complexity index is 453. The van der Waals surface area contributed by atoms with Gasteiger partial charge in [0.25, 0.3) is 0 Å². The van der Waals surface area contributed by atoms with Crippen LogP contribution in [-0.4, -0.2) is 17.5 Å². The summed E-state index contributed by atoms with van der Waals surface area (Å²) in [6, 6.07) is 11.1. The van der Waals surface area contributed by atoms with E-state index in [9.17, 15) is 0 Å². The predicted octanol–water partition coefficient (Wildman–Crippen LogP) is 3.47. The molecule has 1 heterocycles. The molecule has 18 heavy (non-hydrogen) atoms. The van der Waals surface area contributed by atoms with Crippen molar-refractivity contribution in [3.63, 3.8) is 0 Å². The standard InChI is InChI=1S/C15H20N2S/c1-15(2)8-12(15)9-16-14-17-13(10-18-14)11-6-4-3-5-7-11/h3-7,12-13H,8-10H2,1-2H3,(H,16,17). The van der Waals surface area contributed by atoms with Crippen LogP contribution in [0.3, 0.4) is 0 Å². The molecule has 0 amide bonds. The number of benzene rings is 1. The zero-order chi connectivity index (χ0) is 12.6. The molecule has 2 aliphatic rings. The van der Waals surface area contributed by atoms with Crippen molar-refractivity contribution in [1.29, 1.82) is 0 Å². The number of amidine groups is 1. The van der Waals surface area contributed by atoms with Crippen molar-refractivity contribution >= 4 is 16.9 Å². The van der Waals surface area contributed by atoms with Crippen LogP contribution in [0.2, 0.25) is 0 Å². The topological polar surface area (TPSA) is 24.4 Å². The van der Waals surface area contributed by atoms with Crippen LogP contribution in [0, 0.1) is 11.3 Å². The minimum atomic E-state index is 0.433. The Morgan fingerprint density at radius 1 is 1.33 bits per heavy atom. The van der Waals surface area contributed by atoms with Crippen molar-refractivity contribution < 1.29 is 0 Å². The van der Waals surface area contributed by atoms with Gasteiger partial charge in [-0.05, 0) is 23.3 Å². The molecule has 1 aliphatic heterocycles. The van der Waals surface area contributed by atoms with Crippen molar-refractivity contribution in [1.82, 2.24) is 5.32 Å². The summed E-state index contributed by atoms with van der Waals surface area (Å²) in [7, 11) is 0. The summed E-state index contributed by atoms with van der Waals surface area (Å²) in [4.78, 5) is 4.73. The number of rotatable bonds is 3. The Kier molecular flexibility index (Phi) is 3.10. The van der Waals surface area contributed by atoms with Crippen LogP contribution in [0.4, 0.5) is 0 Å². The third-order valence-corrected chi connectivity index (χ3v) is 5.08. The first-order valence-corrected chi connectivity index (χ1v) is 7.62. The molecule has 1 aromatic carbocycles. The maximum atomic E-state index is 4.73. The lowest BCUT2D eigenvalue weighted by molar-refractivity contribution is 0.565. The molecular weight excluding hydrogens is 240 g/mol. The van der Waals surface area contributed by atoms with Crippen molar-refractivity contribution in [2.24, 2.45) is 16.3 Å². The van der Waals surface area contributed by atoms with Gasteiger partial charge in [-0.2, -0.15) is 0 Å². The van der Waals surface area contributed by atoms with Crippen LogP contribution in [0.25, 0.3) is 0 Å². The molecule has 3 rings (SSSR count). The number of nitrogens with one attached hydrogen (secondary N) is 1. The van der Waals surface area contributed by atoms with Gasteiger partial charge in [-0.3, -0.25) is 4.99 Å². The molecule has 0 spiro atoms. The van der Waals surface area contributed by atoms with Gasteiger partial charge in [0.15, 0.2) is 5.17 Å². The van der Waals surface area contributed by atoms with Crippen LogP contribution < -0.4 is 5.32 Å². The summed E-state index contributed by atoms with van der Waals surface area (Å²) >= 11 is 1.85. The molecule has 1 aromatic rings. The lowest BCUT2D eigenvalue weighted by atomic mass is 10.1. The molecule has 96 valence electrons. The summed E-state index contributed by atoms with van der Waals surface area (Å²) in [6.07, 6.45) is 1.33. The Balaban J connectivity index is 1.57. The van der Waals surface area contributed by atoms with Gasteiger partial charge in [-0.25, -0.2) is 0 Å². The van der Waals surface area contributed by atoms with Gasteiger partial charge in [0.05, 0.1) is 6.04 Å². The highest BCUT2D eigenvalue weighted by Gasteiger charge is 2.45. The minimum Gasteiger partial charge on any atom is -0.357 e. The molecule has 1 saturated heterocycles. The highest BCUT2D eigenvalue weighted by molar-refractivity contribution is 8.14. The smallest absolute Gasteiger partial charge is 0.157 e. The average Bonchev–Trinajstić information content (AvgIpc) is 2.79. The summed E-state index contributed by atoms with van der Waals surface area (Å²) in [5, 5.41) is 4.66. The van der Waals surface area contributed by atoms with Crippen molar-refractivity contribution in [3.05, 3.63) is 35.9 Å². The zero-order valence-corrected chi connectivity index (χ0v) is 11.8. The lowest BCUT2D eigenvalue weighted by Gasteiger charge is -2.09. The molecule has 0 radical (unpaired) electrons. The second-order valence-corrected chi connectivity index (χ2v) is 6.96. The number of aliphatic imine (C=N–C) groups is 1. The van der Waals surface area contributed by atoms with Crippen molar-refractivity contribution in [2.75, 3.05) is 12.3 Å². The fraction of sp³-hybridized carbons (Fsp3) is 0.533. The Morgan fingerprint density at radius 3 is 2.72 bits per heavy atom. The van der Waals surface area contributed by atoms with Crippen LogP contribution in [0.5, 0.6) is 0 Å². The third-order valence-electron chi connectivity index (χ3n) is 4.06. The molecule has 1 saturated carbocycles. The van der Waals surface area contributed by atoms with Gasteiger partial charge in [-0.1, -0.05) is 55.9 Å². The highest BCUT2D eigenvalue weighted by Crippen LogP contribution is 2.51. The van der Waals surface area contributed by atoms with E-state index < -0.39 is 0 Å². The molecule has 2 atom stereocenters. The van der Waals surface area contributed by atoms with E-state index in [1.807, 2.05) is 11.8 Å². The molecule has 2 fully saturated rings. The number of hydrogen-bond donors (Lipinski definition) is 1.